The number of alkyl halides is 3. The number of nitrogens with one attached hydrogen (secondary N) is 1. The molecular weight excluding hydrogens is 384 g/mol. The third-order valence-corrected chi connectivity index (χ3v) is 5.72. The molecule has 2 N–H and O–H groups in total. The van der Waals surface area contributed by atoms with E-state index >= 15 is 0 Å². The Kier molecular flexibility index (Phi) is 4.48. The molecule has 0 spiro atoms. The molecule has 10 heteroatoms. The number of nitrogens with zero attached hydrogens (tertiary/aromatic N) is 1. The minimum Gasteiger partial charge on any atom is -0.465 e. The van der Waals surface area contributed by atoms with Crippen LogP contribution in [0.15, 0.2) is 18.2 Å². The van der Waals surface area contributed by atoms with E-state index in [-0.39, 0.29) is 36.7 Å². The van der Waals surface area contributed by atoms with Crippen LogP contribution < -0.4 is 5.32 Å². The first-order chi connectivity index (χ1) is 13.2. The molecule has 1 aliphatic carbocycles. The first-order valence-electron chi connectivity index (χ1n) is 8.93. The molecule has 6 nitrogen and oxygen atoms in total. The molecular formula is C18H18F4N2O4. The van der Waals surface area contributed by atoms with E-state index in [0.29, 0.717) is 12.5 Å². The fourth-order valence-corrected chi connectivity index (χ4v) is 4.07. The Balaban J connectivity index is 1.56. The summed E-state index contributed by atoms with van der Waals surface area (Å²) < 4.78 is 57.9. The number of carboxylic acid groups (broad SMARTS) is 1. The quantitative estimate of drug-likeness (QED) is 0.760. The third-order valence-electron chi connectivity index (χ3n) is 5.72. The molecule has 0 unspecified atom stereocenters. The Morgan fingerprint density at radius 3 is 2.50 bits per heavy atom. The molecule has 0 radical (unpaired) electrons. The molecule has 2 aliphatic heterocycles. The number of piperidine rings is 1. The van der Waals surface area contributed by atoms with Crippen LogP contribution in [0.1, 0.15) is 30.0 Å². The van der Waals surface area contributed by atoms with E-state index in [1.54, 1.807) is 0 Å². The Labute approximate surface area is 157 Å². The minimum absolute atomic E-state index is 0.0697. The van der Waals surface area contributed by atoms with Crippen molar-refractivity contribution in [2.75, 3.05) is 13.2 Å². The molecule has 2 amide bonds. The van der Waals surface area contributed by atoms with Crippen molar-refractivity contribution in [3.63, 3.8) is 0 Å². The Hall–Kier alpha value is -2.36. The van der Waals surface area contributed by atoms with Crippen molar-refractivity contribution in [3.8, 4) is 0 Å². The molecule has 0 bridgehead atoms. The number of hydrogen-bond acceptors (Lipinski definition) is 3. The molecule has 1 aromatic carbocycles. The number of rotatable bonds is 4. The molecule has 4 atom stereocenters. The molecule has 1 saturated carbocycles. The van der Waals surface area contributed by atoms with Gasteiger partial charge >= 0.3 is 12.3 Å². The maximum Gasteiger partial charge on any atom is 0.416 e. The molecule has 1 aromatic rings. The van der Waals surface area contributed by atoms with Gasteiger partial charge in [-0.25, -0.2) is 9.18 Å². The first kappa shape index (κ1) is 19.0. The van der Waals surface area contributed by atoms with Crippen molar-refractivity contribution in [1.29, 1.82) is 0 Å². The number of carbonyl (C=O) groups excluding carboxylic acids is 1. The van der Waals surface area contributed by atoms with Gasteiger partial charge in [0, 0.05) is 17.5 Å². The van der Waals surface area contributed by atoms with Gasteiger partial charge < -0.3 is 15.2 Å². The van der Waals surface area contributed by atoms with Crippen LogP contribution >= 0.6 is 0 Å². The van der Waals surface area contributed by atoms with E-state index in [4.69, 9.17) is 4.74 Å². The lowest BCUT2D eigenvalue weighted by molar-refractivity contribution is -0.138. The second-order valence-electron chi connectivity index (χ2n) is 7.52. The molecule has 3 aliphatic rings. The van der Waals surface area contributed by atoms with Crippen LogP contribution in [0.25, 0.3) is 0 Å². The summed E-state index contributed by atoms with van der Waals surface area (Å²) in [7, 11) is 0. The number of likely N-dealkylation sites (tertiary alicyclic amines) is 1. The van der Waals surface area contributed by atoms with Crippen LogP contribution in [-0.4, -0.2) is 47.3 Å². The highest BCUT2D eigenvalue weighted by molar-refractivity contribution is 5.87. The number of halogens is 4. The van der Waals surface area contributed by atoms with Gasteiger partial charge in [-0.1, -0.05) is 6.07 Å². The van der Waals surface area contributed by atoms with Gasteiger partial charge in [-0.2, -0.15) is 13.2 Å². The monoisotopic (exact) mass is 402 g/mol. The van der Waals surface area contributed by atoms with Crippen LogP contribution in [0.2, 0.25) is 0 Å². The van der Waals surface area contributed by atoms with Crippen molar-refractivity contribution < 1.29 is 37.0 Å². The molecule has 3 fully saturated rings. The lowest BCUT2D eigenvalue weighted by Gasteiger charge is -2.36. The van der Waals surface area contributed by atoms with E-state index in [1.807, 2.05) is 0 Å². The zero-order valence-electron chi connectivity index (χ0n) is 14.6. The Morgan fingerprint density at radius 1 is 1.25 bits per heavy atom. The van der Waals surface area contributed by atoms with Crippen molar-refractivity contribution in [3.05, 3.63) is 35.1 Å². The van der Waals surface area contributed by atoms with Crippen molar-refractivity contribution >= 4 is 12.0 Å². The van der Waals surface area contributed by atoms with Gasteiger partial charge in [0.05, 0.1) is 24.8 Å². The Morgan fingerprint density at radius 2 is 1.96 bits per heavy atom. The van der Waals surface area contributed by atoms with Crippen LogP contribution in [0, 0.1) is 17.7 Å². The smallest absolute Gasteiger partial charge is 0.416 e. The lowest BCUT2D eigenvalue weighted by atomic mass is 9.90. The van der Waals surface area contributed by atoms with Gasteiger partial charge in [0.15, 0.2) is 0 Å². The second kappa shape index (κ2) is 6.61. The van der Waals surface area contributed by atoms with Crippen LogP contribution in [0.4, 0.5) is 22.4 Å². The van der Waals surface area contributed by atoms with Gasteiger partial charge in [0.25, 0.3) is 0 Å². The highest BCUT2D eigenvalue weighted by Gasteiger charge is 2.56. The number of ether oxygens (including phenoxy) is 1. The highest BCUT2D eigenvalue weighted by atomic mass is 19.4. The van der Waals surface area contributed by atoms with E-state index in [2.05, 4.69) is 5.32 Å². The maximum atomic E-state index is 14.5. The normalized spacial score (nSPS) is 27.7. The zero-order chi connectivity index (χ0) is 20.2. The minimum atomic E-state index is -4.68. The summed E-state index contributed by atoms with van der Waals surface area (Å²) in [5.74, 6) is -1.79. The molecule has 4 rings (SSSR count). The molecule has 152 valence electrons. The molecule has 2 heterocycles. The Bertz CT molecular complexity index is 811. The number of fused-ring (bicyclic) bond motifs is 1. The third kappa shape index (κ3) is 3.30. The van der Waals surface area contributed by atoms with Gasteiger partial charge in [0.2, 0.25) is 5.91 Å². The van der Waals surface area contributed by atoms with Gasteiger partial charge in [0.1, 0.15) is 11.9 Å². The topological polar surface area (TPSA) is 78.9 Å². The standard InChI is InChI=1S/C18H18F4N2O4/c19-12-5-10(18(20,21)22)1-2-11(12)15(9-6-28-7-9)23-16(25)14-4-8-3-13(8)24(14)17(26)27/h1-2,5,8-9,13-15H,3-4,6-7H2,(H,23,25)(H,26,27)/t8-,13-,14-,15-/m1/s1. The lowest BCUT2D eigenvalue weighted by Crippen LogP contribution is -2.51. The van der Waals surface area contributed by atoms with Gasteiger partial charge in [-0.3, -0.25) is 9.69 Å². The predicted octanol–water partition coefficient (Wildman–Crippen LogP) is 2.79. The zero-order valence-corrected chi connectivity index (χ0v) is 14.6. The summed E-state index contributed by atoms with van der Waals surface area (Å²) in [6.45, 7) is 0.452. The average Bonchev–Trinajstić information content (AvgIpc) is 3.20. The van der Waals surface area contributed by atoms with E-state index < -0.39 is 41.6 Å². The molecule has 0 aromatic heterocycles. The van der Waals surface area contributed by atoms with E-state index in [9.17, 15) is 32.3 Å². The maximum absolute atomic E-state index is 14.5. The fourth-order valence-electron chi connectivity index (χ4n) is 4.07. The summed E-state index contributed by atoms with van der Waals surface area (Å²) >= 11 is 0. The summed E-state index contributed by atoms with van der Waals surface area (Å²) in [6, 6.07) is 0.260. The summed E-state index contributed by atoms with van der Waals surface area (Å²) in [5, 5.41) is 12.0. The van der Waals surface area contributed by atoms with E-state index in [0.717, 1.165) is 23.5 Å². The van der Waals surface area contributed by atoms with Crippen molar-refractivity contribution in [1.82, 2.24) is 10.2 Å². The predicted molar refractivity (Wildman–Crippen MR) is 86.8 cm³/mol. The van der Waals surface area contributed by atoms with Crippen LogP contribution in [0.3, 0.4) is 0 Å². The molecule has 28 heavy (non-hydrogen) atoms. The number of carbonyl (C=O) groups is 2. The average molecular weight is 402 g/mol. The van der Waals surface area contributed by atoms with Crippen LogP contribution in [-0.2, 0) is 15.7 Å². The second-order valence-corrected chi connectivity index (χ2v) is 7.52. The highest BCUT2D eigenvalue weighted by Crippen LogP contribution is 2.48. The number of benzene rings is 1. The van der Waals surface area contributed by atoms with E-state index in [1.165, 1.54) is 0 Å². The van der Waals surface area contributed by atoms with Gasteiger partial charge in [-0.15, -0.1) is 0 Å². The van der Waals surface area contributed by atoms with Gasteiger partial charge in [-0.05, 0) is 30.9 Å². The number of hydrogen-bond donors (Lipinski definition) is 2. The summed E-state index contributed by atoms with van der Waals surface area (Å²) in [5.41, 5.74) is -1.18. The fraction of sp³-hybridized carbons (Fsp3) is 0.556. The SMILES string of the molecule is O=C(N[C@@H](c1ccc(C(F)(F)F)cc1F)C1COC1)[C@H]1C[C@H]2C[C@H]2N1C(=O)O. The van der Waals surface area contributed by atoms with Crippen molar-refractivity contribution in [2.45, 2.75) is 37.1 Å². The van der Waals surface area contributed by atoms with Crippen LogP contribution in [0.5, 0.6) is 0 Å². The summed E-state index contributed by atoms with van der Waals surface area (Å²) in [6.07, 6.45) is -4.74. The summed E-state index contributed by atoms with van der Waals surface area (Å²) in [4.78, 5) is 25.3. The first-order valence-corrected chi connectivity index (χ1v) is 8.93. The van der Waals surface area contributed by atoms with Crippen molar-refractivity contribution in [2.24, 2.45) is 11.8 Å². The molecule has 2 saturated heterocycles. The largest absolute Gasteiger partial charge is 0.465 e. The number of amides is 2.